The SMILES string of the molecule is CCCCCCCc1cc2sc(CCC3CCC(CCCC)CC3)cc2s1. The highest BCUT2D eigenvalue weighted by Crippen LogP contribution is 2.37. The molecule has 0 bridgehead atoms. The maximum absolute atomic E-state index is 2.51. The van der Waals surface area contributed by atoms with Gasteiger partial charge in [0.2, 0.25) is 0 Å². The van der Waals surface area contributed by atoms with E-state index in [2.05, 4.69) is 48.7 Å². The van der Waals surface area contributed by atoms with E-state index in [1.54, 1.807) is 19.2 Å². The van der Waals surface area contributed by atoms with Crippen molar-refractivity contribution in [2.75, 3.05) is 0 Å². The molecule has 0 N–H and O–H groups in total. The normalized spacial score (nSPS) is 20.5. The van der Waals surface area contributed by atoms with Gasteiger partial charge in [0.15, 0.2) is 0 Å². The molecule has 1 aliphatic carbocycles. The van der Waals surface area contributed by atoms with Crippen LogP contribution in [-0.2, 0) is 12.8 Å². The molecule has 0 saturated heterocycles. The lowest BCUT2D eigenvalue weighted by molar-refractivity contribution is 0.250. The summed E-state index contributed by atoms with van der Waals surface area (Å²) in [6.45, 7) is 4.62. The summed E-state index contributed by atoms with van der Waals surface area (Å²) in [5.41, 5.74) is 0. The number of rotatable bonds is 12. The van der Waals surface area contributed by atoms with Gasteiger partial charge in [-0.05, 0) is 49.7 Å². The Labute approximate surface area is 175 Å². The molecule has 1 aliphatic rings. The van der Waals surface area contributed by atoms with Crippen molar-refractivity contribution >= 4 is 32.1 Å². The summed E-state index contributed by atoms with van der Waals surface area (Å²) in [5, 5.41) is 0. The predicted octanol–water partition coefficient (Wildman–Crippen LogP) is 9.40. The fourth-order valence-corrected chi connectivity index (χ4v) is 7.24. The lowest BCUT2D eigenvalue weighted by Crippen LogP contribution is -2.15. The average Bonchev–Trinajstić information content (AvgIpc) is 3.23. The number of hydrogen-bond acceptors (Lipinski definition) is 2. The lowest BCUT2D eigenvalue weighted by atomic mass is 9.78. The largest absolute Gasteiger partial charge is 0.139 e. The van der Waals surface area contributed by atoms with E-state index >= 15 is 0 Å². The molecule has 1 fully saturated rings. The Bertz CT molecular complexity index is 611. The molecule has 2 aromatic heterocycles. The van der Waals surface area contributed by atoms with Crippen LogP contribution in [0.1, 0.15) is 107 Å². The zero-order valence-electron chi connectivity index (χ0n) is 17.7. The summed E-state index contributed by atoms with van der Waals surface area (Å²) >= 11 is 4.14. The van der Waals surface area contributed by atoms with Crippen molar-refractivity contribution in [1.29, 1.82) is 0 Å². The van der Waals surface area contributed by atoms with Gasteiger partial charge >= 0.3 is 0 Å². The monoisotopic (exact) mass is 404 g/mol. The fourth-order valence-electron chi connectivity index (χ4n) is 4.73. The van der Waals surface area contributed by atoms with Crippen LogP contribution in [-0.4, -0.2) is 0 Å². The first-order chi connectivity index (χ1) is 13.3. The van der Waals surface area contributed by atoms with Crippen LogP contribution in [0.2, 0.25) is 0 Å². The Balaban J connectivity index is 1.38. The maximum Gasteiger partial charge on any atom is 0.0456 e. The van der Waals surface area contributed by atoms with Crippen LogP contribution in [0.5, 0.6) is 0 Å². The number of aryl methyl sites for hydroxylation is 2. The first-order valence-electron chi connectivity index (χ1n) is 11.8. The Morgan fingerprint density at radius 2 is 1.22 bits per heavy atom. The number of thiophene rings is 2. The van der Waals surface area contributed by atoms with E-state index in [4.69, 9.17) is 0 Å². The van der Waals surface area contributed by atoms with Crippen molar-refractivity contribution in [3.8, 4) is 0 Å². The molecule has 2 heteroatoms. The number of fused-ring (bicyclic) bond motifs is 1. The smallest absolute Gasteiger partial charge is 0.0456 e. The van der Waals surface area contributed by atoms with E-state index < -0.39 is 0 Å². The van der Waals surface area contributed by atoms with Gasteiger partial charge in [0.1, 0.15) is 0 Å². The molecule has 0 aromatic carbocycles. The zero-order chi connectivity index (χ0) is 18.9. The first kappa shape index (κ1) is 21.4. The van der Waals surface area contributed by atoms with Crippen molar-refractivity contribution < 1.29 is 0 Å². The Morgan fingerprint density at radius 1 is 0.667 bits per heavy atom. The van der Waals surface area contributed by atoms with Crippen LogP contribution >= 0.6 is 22.7 Å². The summed E-state index contributed by atoms with van der Waals surface area (Å²) in [4.78, 5) is 3.25. The van der Waals surface area contributed by atoms with E-state index in [0.717, 1.165) is 11.8 Å². The standard InChI is InChI=1S/C25H40S2/c1-3-5-7-8-9-11-22-18-24-25(26-22)19-23(27-24)17-16-21-14-12-20(13-15-21)10-6-4-2/h18-21H,3-17H2,1-2H3. The van der Waals surface area contributed by atoms with E-state index in [9.17, 15) is 0 Å². The van der Waals surface area contributed by atoms with Gasteiger partial charge in [0.05, 0.1) is 0 Å². The minimum Gasteiger partial charge on any atom is -0.139 e. The molecule has 0 radical (unpaired) electrons. The fraction of sp³-hybridized carbons (Fsp3) is 0.760. The molecule has 0 aliphatic heterocycles. The van der Waals surface area contributed by atoms with Crippen molar-refractivity contribution in [2.45, 2.75) is 110 Å². The molecule has 0 spiro atoms. The van der Waals surface area contributed by atoms with Crippen LogP contribution in [0.3, 0.4) is 0 Å². The predicted molar refractivity (Wildman–Crippen MR) is 125 cm³/mol. The maximum atomic E-state index is 2.51. The second-order valence-electron chi connectivity index (χ2n) is 8.89. The van der Waals surface area contributed by atoms with Crippen LogP contribution in [0.15, 0.2) is 12.1 Å². The summed E-state index contributed by atoms with van der Waals surface area (Å²) in [5.74, 6) is 2.05. The summed E-state index contributed by atoms with van der Waals surface area (Å²) < 4.78 is 3.11. The van der Waals surface area contributed by atoms with Gasteiger partial charge < -0.3 is 0 Å². The molecule has 0 atom stereocenters. The molecule has 2 aromatic rings. The second kappa shape index (κ2) is 11.6. The zero-order valence-corrected chi connectivity index (χ0v) is 19.4. The molecule has 0 unspecified atom stereocenters. The van der Waals surface area contributed by atoms with Gasteiger partial charge in [-0.3, -0.25) is 0 Å². The minimum absolute atomic E-state index is 1.00. The van der Waals surface area contributed by atoms with E-state index in [1.165, 1.54) is 96.3 Å². The third kappa shape index (κ3) is 6.89. The summed E-state index contributed by atoms with van der Waals surface area (Å²) in [6, 6.07) is 5.01. The molecule has 2 heterocycles. The van der Waals surface area contributed by atoms with E-state index in [-0.39, 0.29) is 0 Å². The molecular formula is C25H40S2. The van der Waals surface area contributed by atoms with Crippen LogP contribution in [0.25, 0.3) is 9.40 Å². The topological polar surface area (TPSA) is 0 Å². The van der Waals surface area contributed by atoms with Gasteiger partial charge in [-0.15, -0.1) is 22.7 Å². The molecular weight excluding hydrogens is 364 g/mol. The van der Waals surface area contributed by atoms with Gasteiger partial charge in [0, 0.05) is 19.2 Å². The van der Waals surface area contributed by atoms with Crippen LogP contribution < -0.4 is 0 Å². The Morgan fingerprint density at radius 3 is 1.85 bits per heavy atom. The highest BCUT2D eigenvalue weighted by Gasteiger charge is 2.20. The second-order valence-corrected chi connectivity index (χ2v) is 11.2. The summed E-state index contributed by atoms with van der Waals surface area (Å²) in [7, 11) is 0. The van der Waals surface area contributed by atoms with E-state index in [0.29, 0.717) is 0 Å². The van der Waals surface area contributed by atoms with Gasteiger partial charge in [-0.1, -0.05) is 84.5 Å². The third-order valence-corrected chi connectivity index (χ3v) is 8.98. The van der Waals surface area contributed by atoms with Gasteiger partial charge in [-0.2, -0.15) is 0 Å². The number of hydrogen-bond donors (Lipinski definition) is 0. The van der Waals surface area contributed by atoms with Crippen LogP contribution in [0.4, 0.5) is 0 Å². The minimum atomic E-state index is 1.00. The van der Waals surface area contributed by atoms with Crippen LogP contribution in [0, 0.1) is 11.8 Å². The molecule has 1 saturated carbocycles. The average molecular weight is 405 g/mol. The Kier molecular flexibility index (Phi) is 9.19. The van der Waals surface area contributed by atoms with Gasteiger partial charge in [-0.25, -0.2) is 0 Å². The van der Waals surface area contributed by atoms with Crippen molar-refractivity contribution in [3.63, 3.8) is 0 Å². The third-order valence-electron chi connectivity index (χ3n) is 6.57. The molecule has 3 rings (SSSR count). The molecule has 0 nitrogen and oxygen atoms in total. The number of unbranched alkanes of at least 4 members (excludes halogenated alkanes) is 5. The summed E-state index contributed by atoms with van der Waals surface area (Å²) in [6.07, 6.45) is 21.3. The molecule has 27 heavy (non-hydrogen) atoms. The van der Waals surface area contributed by atoms with Crippen molar-refractivity contribution in [1.82, 2.24) is 0 Å². The lowest BCUT2D eigenvalue weighted by Gasteiger charge is -2.28. The van der Waals surface area contributed by atoms with Crippen molar-refractivity contribution in [2.24, 2.45) is 11.8 Å². The highest BCUT2D eigenvalue weighted by molar-refractivity contribution is 7.27. The van der Waals surface area contributed by atoms with Crippen molar-refractivity contribution in [3.05, 3.63) is 21.9 Å². The Hall–Kier alpha value is -0.340. The molecule has 152 valence electrons. The highest BCUT2D eigenvalue weighted by atomic mass is 32.1. The molecule has 0 amide bonds. The quantitative estimate of drug-likeness (QED) is 0.309. The first-order valence-corrected chi connectivity index (χ1v) is 13.4. The van der Waals surface area contributed by atoms with Gasteiger partial charge in [0.25, 0.3) is 0 Å². The van der Waals surface area contributed by atoms with E-state index in [1.807, 2.05) is 0 Å².